The lowest BCUT2D eigenvalue weighted by atomic mass is 9.88. The molecule has 0 bridgehead atoms. The van der Waals surface area contributed by atoms with Crippen LogP contribution in [0.15, 0.2) is 12.1 Å². The van der Waals surface area contributed by atoms with E-state index >= 15 is 0 Å². The van der Waals surface area contributed by atoms with Crippen LogP contribution in [0.5, 0.6) is 0 Å². The molecule has 0 aromatic heterocycles. The monoisotopic (exact) mass is 220 g/mol. The van der Waals surface area contributed by atoms with Crippen molar-refractivity contribution in [3.8, 4) is 0 Å². The van der Waals surface area contributed by atoms with E-state index in [1.165, 1.54) is 12.1 Å². The summed E-state index contributed by atoms with van der Waals surface area (Å²) in [4.78, 5) is 21.9. The highest BCUT2D eigenvalue weighted by molar-refractivity contribution is 6.02. The van der Waals surface area contributed by atoms with Crippen LogP contribution in [0.4, 0.5) is 0 Å². The molecular formula is C12H12O4. The minimum atomic E-state index is -1.18. The van der Waals surface area contributed by atoms with Crippen molar-refractivity contribution in [1.29, 1.82) is 0 Å². The van der Waals surface area contributed by atoms with Crippen LogP contribution in [0.25, 0.3) is 0 Å². The molecule has 0 aliphatic heterocycles. The first-order chi connectivity index (χ1) is 7.59. The summed E-state index contributed by atoms with van der Waals surface area (Å²) in [7, 11) is 0. The number of carboxylic acids is 2. The van der Waals surface area contributed by atoms with Gasteiger partial charge in [0, 0.05) is 0 Å². The van der Waals surface area contributed by atoms with E-state index in [9.17, 15) is 9.59 Å². The van der Waals surface area contributed by atoms with Gasteiger partial charge in [-0.2, -0.15) is 0 Å². The maximum absolute atomic E-state index is 10.9. The summed E-state index contributed by atoms with van der Waals surface area (Å²) in [6.45, 7) is 0. The number of aryl methyl sites for hydroxylation is 2. The lowest BCUT2D eigenvalue weighted by Gasteiger charge is -2.17. The Morgan fingerprint density at radius 1 is 0.875 bits per heavy atom. The predicted molar refractivity (Wildman–Crippen MR) is 57.0 cm³/mol. The van der Waals surface area contributed by atoms with Gasteiger partial charge in [0.25, 0.3) is 0 Å². The Morgan fingerprint density at radius 3 is 1.56 bits per heavy atom. The van der Waals surface area contributed by atoms with Crippen LogP contribution in [0, 0.1) is 0 Å². The zero-order valence-corrected chi connectivity index (χ0v) is 8.69. The quantitative estimate of drug-likeness (QED) is 0.798. The molecule has 1 aliphatic carbocycles. The fourth-order valence-electron chi connectivity index (χ4n) is 2.14. The second-order valence-corrected chi connectivity index (χ2v) is 3.98. The van der Waals surface area contributed by atoms with Crippen LogP contribution >= 0.6 is 0 Å². The number of benzene rings is 1. The molecule has 0 amide bonds. The number of fused-ring (bicyclic) bond motifs is 1. The molecule has 0 saturated heterocycles. The van der Waals surface area contributed by atoms with Crippen molar-refractivity contribution < 1.29 is 19.8 Å². The van der Waals surface area contributed by atoms with Gasteiger partial charge in [-0.15, -0.1) is 0 Å². The van der Waals surface area contributed by atoms with Crippen molar-refractivity contribution in [1.82, 2.24) is 0 Å². The zero-order valence-electron chi connectivity index (χ0n) is 8.69. The van der Waals surface area contributed by atoms with Crippen LogP contribution in [0.2, 0.25) is 0 Å². The average molecular weight is 220 g/mol. The number of hydrogen-bond acceptors (Lipinski definition) is 2. The number of carbonyl (C=O) groups is 2. The van der Waals surface area contributed by atoms with Gasteiger partial charge < -0.3 is 10.2 Å². The third kappa shape index (κ3) is 1.78. The van der Waals surface area contributed by atoms with Gasteiger partial charge in [-0.25, -0.2) is 9.59 Å². The Bertz CT molecular complexity index is 419. The molecule has 0 saturated carbocycles. The fourth-order valence-corrected chi connectivity index (χ4v) is 2.14. The Kier molecular flexibility index (Phi) is 2.64. The molecular weight excluding hydrogens is 208 g/mol. The Balaban J connectivity index is 2.59. The lowest BCUT2D eigenvalue weighted by molar-refractivity contribution is 0.0651. The van der Waals surface area contributed by atoms with E-state index in [0.717, 1.165) is 36.8 Å². The van der Waals surface area contributed by atoms with Crippen LogP contribution < -0.4 is 0 Å². The maximum Gasteiger partial charge on any atom is 0.336 e. The molecule has 0 atom stereocenters. The molecule has 1 aliphatic rings. The van der Waals surface area contributed by atoms with E-state index in [-0.39, 0.29) is 11.1 Å². The largest absolute Gasteiger partial charge is 0.478 e. The number of carboxylic acid groups (broad SMARTS) is 2. The van der Waals surface area contributed by atoms with Crippen LogP contribution in [-0.4, -0.2) is 22.2 Å². The number of aromatic carboxylic acids is 2. The van der Waals surface area contributed by atoms with Crippen molar-refractivity contribution in [3.05, 3.63) is 34.4 Å². The summed E-state index contributed by atoms with van der Waals surface area (Å²) in [5, 5.41) is 17.9. The average Bonchev–Trinajstić information content (AvgIpc) is 2.27. The fraction of sp³-hybridized carbons (Fsp3) is 0.333. The van der Waals surface area contributed by atoms with Gasteiger partial charge >= 0.3 is 11.9 Å². The van der Waals surface area contributed by atoms with Crippen LogP contribution in [0.3, 0.4) is 0 Å². The molecule has 4 nitrogen and oxygen atoms in total. The normalized spacial score (nSPS) is 14.2. The lowest BCUT2D eigenvalue weighted by Crippen LogP contribution is -2.12. The van der Waals surface area contributed by atoms with Gasteiger partial charge in [0.05, 0.1) is 11.1 Å². The SMILES string of the molecule is O=C(O)c1cc2c(cc1C(=O)O)CCCC2. The summed E-state index contributed by atoms with van der Waals surface area (Å²) < 4.78 is 0. The van der Waals surface area contributed by atoms with Crippen molar-refractivity contribution >= 4 is 11.9 Å². The van der Waals surface area contributed by atoms with Crippen molar-refractivity contribution in [2.24, 2.45) is 0 Å². The van der Waals surface area contributed by atoms with Gasteiger partial charge in [0.15, 0.2) is 0 Å². The molecule has 2 N–H and O–H groups in total. The predicted octanol–water partition coefficient (Wildman–Crippen LogP) is 1.96. The molecule has 84 valence electrons. The summed E-state index contributed by atoms with van der Waals surface area (Å²) in [5.41, 5.74) is 1.75. The smallest absolute Gasteiger partial charge is 0.336 e. The molecule has 16 heavy (non-hydrogen) atoms. The molecule has 1 aromatic carbocycles. The summed E-state index contributed by atoms with van der Waals surface area (Å²) in [6.07, 6.45) is 3.77. The molecule has 1 aromatic rings. The maximum atomic E-state index is 10.9. The van der Waals surface area contributed by atoms with Crippen LogP contribution in [0.1, 0.15) is 44.7 Å². The molecule has 0 radical (unpaired) electrons. The highest BCUT2D eigenvalue weighted by Gasteiger charge is 2.20. The first-order valence-electron chi connectivity index (χ1n) is 5.22. The third-order valence-corrected chi connectivity index (χ3v) is 2.94. The van der Waals surface area contributed by atoms with E-state index in [1.54, 1.807) is 0 Å². The number of rotatable bonds is 2. The first-order valence-corrected chi connectivity index (χ1v) is 5.22. The van der Waals surface area contributed by atoms with Crippen molar-refractivity contribution in [2.45, 2.75) is 25.7 Å². The second kappa shape index (κ2) is 3.96. The van der Waals surface area contributed by atoms with E-state index in [0.29, 0.717) is 0 Å². The summed E-state index contributed by atoms with van der Waals surface area (Å²) in [6, 6.07) is 3.03. The van der Waals surface area contributed by atoms with Gasteiger partial charge in [-0.05, 0) is 48.9 Å². The highest BCUT2D eigenvalue weighted by atomic mass is 16.4. The van der Waals surface area contributed by atoms with E-state index in [4.69, 9.17) is 10.2 Å². The first kappa shape index (κ1) is 10.7. The summed E-state index contributed by atoms with van der Waals surface area (Å²) >= 11 is 0. The Morgan fingerprint density at radius 2 is 1.25 bits per heavy atom. The second-order valence-electron chi connectivity index (χ2n) is 3.98. The van der Waals surface area contributed by atoms with E-state index < -0.39 is 11.9 Å². The van der Waals surface area contributed by atoms with Gasteiger partial charge in [0.2, 0.25) is 0 Å². The number of hydrogen-bond donors (Lipinski definition) is 2. The van der Waals surface area contributed by atoms with Gasteiger partial charge in [0.1, 0.15) is 0 Å². The van der Waals surface area contributed by atoms with Crippen molar-refractivity contribution in [3.63, 3.8) is 0 Å². The van der Waals surface area contributed by atoms with Gasteiger partial charge in [-0.3, -0.25) is 0 Å². The zero-order chi connectivity index (χ0) is 11.7. The van der Waals surface area contributed by atoms with E-state index in [2.05, 4.69) is 0 Å². The van der Waals surface area contributed by atoms with Gasteiger partial charge in [-0.1, -0.05) is 0 Å². The Hall–Kier alpha value is -1.84. The topological polar surface area (TPSA) is 74.6 Å². The molecule has 0 heterocycles. The third-order valence-electron chi connectivity index (χ3n) is 2.94. The summed E-state index contributed by atoms with van der Waals surface area (Å²) in [5.74, 6) is -2.35. The molecule has 0 fully saturated rings. The Labute approximate surface area is 92.5 Å². The van der Waals surface area contributed by atoms with Crippen molar-refractivity contribution in [2.75, 3.05) is 0 Å². The highest BCUT2D eigenvalue weighted by Crippen LogP contribution is 2.25. The van der Waals surface area contributed by atoms with E-state index in [1.807, 2.05) is 0 Å². The standard InChI is InChI=1S/C12H12O4/c13-11(14)9-5-7-3-1-2-4-8(7)6-10(9)12(15)16/h5-6H,1-4H2,(H,13,14)(H,15,16). The minimum Gasteiger partial charge on any atom is -0.478 e. The molecule has 0 unspecified atom stereocenters. The minimum absolute atomic E-state index is 0.104. The molecule has 2 rings (SSSR count). The molecule has 0 spiro atoms. The van der Waals surface area contributed by atoms with Crippen LogP contribution in [-0.2, 0) is 12.8 Å². The molecule has 4 heteroatoms.